The smallest absolute Gasteiger partial charge is 0.276 e. The summed E-state index contributed by atoms with van der Waals surface area (Å²) in [6.45, 7) is 1.86. The minimum absolute atomic E-state index is 0.0513. The van der Waals surface area contributed by atoms with Crippen LogP contribution >= 0.6 is 11.6 Å². The topological polar surface area (TPSA) is 118 Å². The van der Waals surface area contributed by atoms with Gasteiger partial charge >= 0.3 is 0 Å². The zero-order chi connectivity index (χ0) is 21.6. The maximum atomic E-state index is 13.4. The number of aromatic nitrogens is 3. The average molecular weight is 440 g/mol. The van der Waals surface area contributed by atoms with Crippen molar-refractivity contribution < 1.29 is 13.6 Å². The maximum Gasteiger partial charge on any atom is 0.276 e. The van der Waals surface area contributed by atoms with E-state index in [1.54, 1.807) is 11.8 Å². The molecule has 0 bridgehead atoms. The van der Waals surface area contributed by atoms with E-state index in [-0.39, 0.29) is 34.6 Å². The Hall–Kier alpha value is -2.79. The number of nitrogens with zero attached hydrogens (tertiary/aromatic N) is 4. The summed E-state index contributed by atoms with van der Waals surface area (Å²) in [5, 5.41) is 5.79. The van der Waals surface area contributed by atoms with Gasteiger partial charge < -0.3 is 16.4 Å². The van der Waals surface area contributed by atoms with Gasteiger partial charge in [0.1, 0.15) is 34.2 Å². The van der Waals surface area contributed by atoms with Gasteiger partial charge in [0.05, 0.1) is 6.54 Å². The predicted octanol–water partition coefficient (Wildman–Crippen LogP) is 1.68. The number of carbonyl (C=O) groups excluding carboxylic acids is 1. The van der Waals surface area contributed by atoms with Crippen LogP contribution in [0.3, 0.4) is 0 Å². The molecule has 0 aliphatic carbocycles. The lowest BCUT2D eigenvalue weighted by molar-refractivity contribution is 0.0282. The molecular weight excluding hydrogens is 420 g/mol. The normalized spacial score (nSPS) is 21.2. The van der Waals surface area contributed by atoms with Crippen molar-refractivity contribution in [1.29, 1.82) is 0 Å². The van der Waals surface area contributed by atoms with Gasteiger partial charge in [0, 0.05) is 6.54 Å². The Morgan fingerprint density at radius 1 is 1.40 bits per heavy atom. The lowest BCUT2D eigenvalue weighted by atomic mass is 9.98. The third kappa shape index (κ3) is 3.37. The van der Waals surface area contributed by atoms with E-state index in [0.717, 1.165) is 0 Å². The first-order valence-corrected chi connectivity index (χ1v) is 9.73. The summed E-state index contributed by atoms with van der Waals surface area (Å²) in [5.41, 5.74) is 5.02. The molecule has 0 saturated carbocycles. The third-order valence-electron chi connectivity index (χ3n) is 5.40. The number of piperidine rings is 1. The van der Waals surface area contributed by atoms with Gasteiger partial charge in [-0.1, -0.05) is 11.6 Å². The van der Waals surface area contributed by atoms with Gasteiger partial charge in [0.25, 0.3) is 17.9 Å². The summed E-state index contributed by atoms with van der Waals surface area (Å²) < 4.78 is 27.3. The van der Waals surface area contributed by atoms with Crippen LogP contribution in [0.2, 0.25) is 5.02 Å². The van der Waals surface area contributed by atoms with Crippen LogP contribution in [-0.2, 0) is 5.66 Å². The van der Waals surface area contributed by atoms with E-state index in [1.165, 1.54) is 17.0 Å². The number of halogens is 3. The molecule has 1 spiro atoms. The van der Waals surface area contributed by atoms with Crippen molar-refractivity contribution in [3.05, 3.63) is 39.0 Å². The number of hydrogen-bond donors (Lipinski definition) is 3. The summed E-state index contributed by atoms with van der Waals surface area (Å²) in [4.78, 5) is 35.4. The molecule has 1 unspecified atom stereocenters. The second-order valence-electron chi connectivity index (χ2n) is 7.49. The van der Waals surface area contributed by atoms with Gasteiger partial charge in [0.2, 0.25) is 0 Å². The molecule has 2 aromatic heterocycles. The lowest BCUT2D eigenvalue weighted by Gasteiger charge is -2.41. The number of nitrogens with two attached hydrogens (primary N) is 1. The van der Waals surface area contributed by atoms with E-state index in [4.69, 9.17) is 17.3 Å². The van der Waals surface area contributed by atoms with Crippen molar-refractivity contribution in [2.45, 2.75) is 31.9 Å². The number of fused-ring (bicyclic) bond motifs is 2. The highest BCUT2D eigenvalue weighted by atomic mass is 35.5. The number of anilines is 3. The summed E-state index contributed by atoms with van der Waals surface area (Å²) >= 11 is 6.12. The highest BCUT2D eigenvalue weighted by Gasteiger charge is 2.47. The molecule has 4 N–H and O–H groups in total. The minimum Gasteiger partial charge on any atom is -0.382 e. The van der Waals surface area contributed by atoms with Crippen LogP contribution in [-0.4, -0.2) is 51.4 Å². The van der Waals surface area contributed by atoms with E-state index < -0.39 is 30.1 Å². The average Bonchev–Trinajstić information content (AvgIpc) is 2.94. The van der Waals surface area contributed by atoms with Crippen LogP contribution in [0.25, 0.3) is 0 Å². The standard InChI is InChI=1S/C18H20ClF2N7O2/c1-9-5-10(25-15-12(19)14(22)23-8-24-15)17(30)28-13(9)16(29)26-18(28)3-2-4-27(7-18)6-11(20)21/h5,8,11H,2-4,6-7H2,1H3,(H,26,29)(H3,22,23,24,25). The molecule has 0 aromatic carbocycles. The largest absolute Gasteiger partial charge is 0.382 e. The van der Waals surface area contributed by atoms with Crippen LogP contribution in [0.15, 0.2) is 17.2 Å². The highest BCUT2D eigenvalue weighted by molar-refractivity contribution is 6.35. The summed E-state index contributed by atoms with van der Waals surface area (Å²) in [5.74, 6) is -0.203. The Kier molecular flexibility index (Phi) is 5.10. The number of likely N-dealkylation sites (tertiary alicyclic amines) is 1. The summed E-state index contributed by atoms with van der Waals surface area (Å²) in [7, 11) is 0. The Bertz CT molecular complexity index is 1080. The quantitative estimate of drug-likeness (QED) is 0.663. The molecule has 4 heterocycles. The zero-order valence-electron chi connectivity index (χ0n) is 16.1. The van der Waals surface area contributed by atoms with E-state index in [9.17, 15) is 18.4 Å². The van der Waals surface area contributed by atoms with Gasteiger partial charge in [0.15, 0.2) is 5.82 Å². The fourth-order valence-electron chi connectivity index (χ4n) is 4.21. The molecule has 2 aliphatic heterocycles. The van der Waals surface area contributed by atoms with E-state index in [2.05, 4.69) is 20.6 Å². The number of alkyl halides is 2. The number of rotatable bonds is 4. The number of nitrogens with one attached hydrogen (secondary N) is 2. The SMILES string of the molecule is Cc1cc(Nc2ncnc(N)c2Cl)c(=O)n2c1C(=O)NC21CCCN(CC(F)F)C1. The molecule has 1 amide bonds. The van der Waals surface area contributed by atoms with Gasteiger partial charge in [-0.05, 0) is 37.9 Å². The van der Waals surface area contributed by atoms with Crippen LogP contribution in [0.5, 0.6) is 0 Å². The van der Waals surface area contributed by atoms with Gasteiger partial charge in [-0.15, -0.1) is 0 Å². The van der Waals surface area contributed by atoms with E-state index in [1.807, 2.05) is 0 Å². The molecule has 1 atom stereocenters. The van der Waals surface area contributed by atoms with E-state index >= 15 is 0 Å². The number of pyridine rings is 1. The van der Waals surface area contributed by atoms with Crippen LogP contribution in [0, 0.1) is 6.92 Å². The molecule has 2 aromatic rings. The molecule has 2 aliphatic rings. The first-order valence-electron chi connectivity index (χ1n) is 9.35. The number of carbonyl (C=O) groups is 1. The summed E-state index contributed by atoms with van der Waals surface area (Å²) in [6.07, 6.45) is -0.287. The highest BCUT2D eigenvalue weighted by Crippen LogP contribution is 2.34. The molecule has 9 nitrogen and oxygen atoms in total. The Labute approximate surface area is 175 Å². The van der Waals surface area contributed by atoms with Gasteiger partial charge in [-0.2, -0.15) is 0 Å². The Morgan fingerprint density at radius 3 is 2.90 bits per heavy atom. The van der Waals surface area contributed by atoms with Gasteiger partial charge in [-0.3, -0.25) is 19.1 Å². The number of nitrogen functional groups attached to an aromatic ring is 1. The maximum absolute atomic E-state index is 13.4. The van der Waals surface area contributed by atoms with Gasteiger partial charge in [-0.25, -0.2) is 18.7 Å². The van der Waals surface area contributed by atoms with Crippen molar-refractivity contribution in [3.63, 3.8) is 0 Å². The summed E-state index contributed by atoms with van der Waals surface area (Å²) in [6, 6.07) is 1.53. The first-order chi connectivity index (χ1) is 14.2. The third-order valence-corrected chi connectivity index (χ3v) is 5.77. The predicted molar refractivity (Wildman–Crippen MR) is 107 cm³/mol. The van der Waals surface area contributed by atoms with E-state index in [0.29, 0.717) is 24.9 Å². The second-order valence-corrected chi connectivity index (χ2v) is 7.87. The fraction of sp³-hybridized carbons (Fsp3) is 0.444. The number of amides is 1. The molecule has 0 radical (unpaired) electrons. The lowest BCUT2D eigenvalue weighted by Crippen LogP contribution is -2.58. The molecule has 12 heteroatoms. The fourth-order valence-corrected chi connectivity index (χ4v) is 4.35. The first kappa shape index (κ1) is 20.5. The Balaban J connectivity index is 1.79. The van der Waals surface area contributed by atoms with Crippen LogP contribution in [0.1, 0.15) is 28.9 Å². The van der Waals surface area contributed by atoms with Crippen molar-refractivity contribution in [1.82, 2.24) is 24.8 Å². The molecule has 1 saturated heterocycles. The molecular formula is C18H20ClF2N7O2. The molecule has 4 rings (SSSR count). The molecule has 160 valence electrons. The number of aryl methyl sites for hydroxylation is 1. The molecule has 30 heavy (non-hydrogen) atoms. The minimum atomic E-state index is -2.51. The Morgan fingerprint density at radius 2 is 2.17 bits per heavy atom. The monoisotopic (exact) mass is 439 g/mol. The van der Waals surface area contributed by atoms with Crippen molar-refractivity contribution in [2.75, 3.05) is 30.7 Å². The van der Waals surface area contributed by atoms with Crippen LogP contribution < -0.4 is 21.9 Å². The van der Waals surface area contributed by atoms with Crippen molar-refractivity contribution in [3.8, 4) is 0 Å². The van der Waals surface area contributed by atoms with Crippen molar-refractivity contribution >= 4 is 34.8 Å². The number of hydrogen-bond acceptors (Lipinski definition) is 7. The second kappa shape index (κ2) is 7.47. The zero-order valence-corrected chi connectivity index (χ0v) is 16.8. The van der Waals surface area contributed by atoms with Crippen LogP contribution in [0.4, 0.5) is 26.1 Å². The molecule has 1 fully saturated rings. The van der Waals surface area contributed by atoms with Crippen molar-refractivity contribution in [2.24, 2.45) is 0 Å².